The third-order valence-corrected chi connectivity index (χ3v) is 1.93. The fraction of sp³-hybridized carbons (Fsp3) is 1.00. The molecule has 0 saturated carbocycles. The molecule has 1 aliphatic rings. The first kappa shape index (κ1) is 7.95. The van der Waals surface area contributed by atoms with Gasteiger partial charge < -0.3 is 5.11 Å². The second-order valence-corrected chi connectivity index (χ2v) is 3.21. The van der Waals surface area contributed by atoms with E-state index < -0.39 is 5.60 Å². The molecular formula is C7H14FNO. The highest BCUT2D eigenvalue weighted by molar-refractivity contribution is 4.85. The van der Waals surface area contributed by atoms with Gasteiger partial charge in [-0.15, -0.1) is 0 Å². The molecule has 1 fully saturated rings. The smallest absolute Gasteiger partial charge is 0.102 e. The monoisotopic (exact) mass is 147 g/mol. The molecule has 0 bridgehead atoms. The Labute approximate surface area is 60.6 Å². The van der Waals surface area contributed by atoms with Gasteiger partial charge in [-0.05, 0) is 13.3 Å². The van der Waals surface area contributed by atoms with Gasteiger partial charge in [-0.25, -0.2) is 4.39 Å². The zero-order valence-corrected chi connectivity index (χ0v) is 6.31. The number of hydrogen-bond acceptors (Lipinski definition) is 2. The molecule has 1 unspecified atom stereocenters. The molecule has 3 heteroatoms. The Balaban J connectivity index is 2.29. The molecule has 0 radical (unpaired) electrons. The second-order valence-electron chi connectivity index (χ2n) is 3.21. The average molecular weight is 147 g/mol. The number of halogens is 1. The molecule has 1 rings (SSSR count). The van der Waals surface area contributed by atoms with Crippen LogP contribution in [0.4, 0.5) is 4.39 Å². The van der Waals surface area contributed by atoms with Gasteiger partial charge in [0.1, 0.15) is 6.67 Å². The van der Waals surface area contributed by atoms with E-state index in [4.69, 9.17) is 0 Å². The number of aliphatic hydroxyl groups is 1. The molecule has 1 heterocycles. The Kier molecular flexibility index (Phi) is 2.26. The third kappa shape index (κ3) is 1.92. The Morgan fingerprint density at radius 2 is 2.40 bits per heavy atom. The molecule has 0 aromatic rings. The number of nitrogens with zero attached hydrogens (tertiary/aromatic N) is 1. The molecule has 0 amide bonds. The lowest BCUT2D eigenvalue weighted by atomic mass is 10.1. The number of β-amino-alcohol motifs (C(OH)–C–C–N with tert-alkyl or cyclic N) is 1. The first-order valence-corrected chi connectivity index (χ1v) is 3.65. The van der Waals surface area contributed by atoms with Crippen molar-refractivity contribution in [2.45, 2.75) is 18.9 Å². The van der Waals surface area contributed by atoms with Crippen LogP contribution < -0.4 is 0 Å². The van der Waals surface area contributed by atoms with Crippen LogP contribution in [0.15, 0.2) is 0 Å². The van der Waals surface area contributed by atoms with Gasteiger partial charge in [0.2, 0.25) is 0 Å². The van der Waals surface area contributed by atoms with Gasteiger partial charge in [0.15, 0.2) is 0 Å². The molecular weight excluding hydrogens is 133 g/mol. The summed E-state index contributed by atoms with van der Waals surface area (Å²) in [5.41, 5.74) is -0.574. The van der Waals surface area contributed by atoms with E-state index in [0.717, 1.165) is 13.0 Å². The van der Waals surface area contributed by atoms with Crippen LogP contribution in [0.1, 0.15) is 13.3 Å². The predicted octanol–water partition coefficient (Wildman–Crippen LogP) is 0.413. The highest BCUT2D eigenvalue weighted by Crippen LogP contribution is 2.19. The minimum Gasteiger partial charge on any atom is -0.389 e. The molecule has 0 spiro atoms. The fourth-order valence-corrected chi connectivity index (χ4v) is 1.35. The van der Waals surface area contributed by atoms with Gasteiger partial charge in [-0.2, -0.15) is 0 Å². The van der Waals surface area contributed by atoms with Crippen molar-refractivity contribution in [3.05, 3.63) is 0 Å². The van der Waals surface area contributed by atoms with Crippen molar-refractivity contribution in [2.24, 2.45) is 0 Å². The van der Waals surface area contributed by atoms with Crippen LogP contribution in [-0.4, -0.2) is 41.9 Å². The van der Waals surface area contributed by atoms with Gasteiger partial charge in [0.25, 0.3) is 0 Å². The first-order chi connectivity index (χ1) is 4.64. The summed E-state index contributed by atoms with van der Waals surface area (Å²) in [6.45, 7) is 3.41. The second kappa shape index (κ2) is 2.84. The molecule has 1 atom stereocenters. The lowest BCUT2D eigenvalue weighted by molar-refractivity contribution is 0.0681. The Morgan fingerprint density at radius 1 is 1.70 bits per heavy atom. The molecule has 1 saturated heterocycles. The average Bonchev–Trinajstić information content (AvgIpc) is 2.12. The molecule has 1 N–H and O–H groups in total. The maximum Gasteiger partial charge on any atom is 0.102 e. The quantitative estimate of drug-likeness (QED) is 0.611. The molecule has 10 heavy (non-hydrogen) atoms. The van der Waals surface area contributed by atoms with Crippen LogP contribution in [0.25, 0.3) is 0 Å². The van der Waals surface area contributed by atoms with Crippen molar-refractivity contribution < 1.29 is 9.50 Å². The standard InChI is InChI=1S/C7H14FNO/c1-7(10)2-4-9(6-7)5-3-8/h10H,2-6H2,1H3. The zero-order chi connectivity index (χ0) is 7.61. The highest BCUT2D eigenvalue weighted by atomic mass is 19.1. The molecule has 1 aliphatic heterocycles. The van der Waals surface area contributed by atoms with Crippen molar-refractivity contribution >= 4 is 0 Å². The minimum absolute atomic E-state index is 0.309. The summed E-state index contributed by atoms with van der Waals surface area (Å²) in [6, 6.07) is 0. The van der Waals surface area contributed by atoms with Crippen molar-refractivity contribution in [2.75, 3.05) is 26.3 Å². The van der Waals surface area contributed by atoms with E-state index in [1.807, 2.05) is 4.90 Å². The maximum atomic E-state index is 11.8. The summed E-state index contributed by atoms with van der Waals surface area (Å²) in [6.07, 6.45) is 0.771. The van der Waals surface area contributed by atoms with Crippen molar-refractivity contribution in [1.82, 2.24) is 4.90 Å². The van der Waals surface area contributed by atoms with Crippen molar-refractivity contribution in [1.29, 1.82) is 0 Å². The zero-order valence-electron chi connectivity index (χ0n) is 6.31. The summed E-state index contributed by atoms with van der Waals surface area (Å²) in [4.78, 5) is 1.94. The number of rotatable bonds is 2. The topological polar surface area (TPSA) is 23.5 Å². The van der Waals surface area contributed by atoms with Crippen LogP contribution in [0.3, 0.4) is 0 Å². The largest absolute Gasteiger partial charge is 0.389 e. The van der Waals surface area contributed by atoms with E-state index in [1.54, 1.807) is 6.92 Å². The number of likely N-dealkylation sites (tertiary alicyclic amines) is 1. The lowest BCUT2D eigenvalue weighted by Gasteiger charge is -2.16. The van der Waals surface area contributed by atoms with Crippen LogP contribution in [0.5, 0.6) is 0 Å². The predicted molar refractivity (Wildman–Crippen MR) is 37.7 cm³/mol. The van der Waals surface area contributed by atoms with E-state index in [9.17, 15) is 9.50 Å². The Hall–Kier alpha value is -0.150. The molecule has 60 valence electrons. The van der Waals surface area contributed by atoms with Gasteiger partial charge in [0.05, 0.1) is 5.60 Å². The molecule has 0 aliphatic carbocycles. The molecule has 0 aromatic heterocycles. The lowest BCUT2D eigenvalue weighted by Crippen LogP contribution is -2.30. The van der Waals surface area contributed by atoms with Crippen LogP contribution in [0.2, 0.25) is 0 Å². The van der Waals surface area contributed by atoms with Crippen molar-refractivity contribution in [3.63, 3.8) is 0 Å². The molecule has 0 aromatic carbocycles. The maximum absolute atomic E-state index is 11.8. The normalized spacial score (nSPS) is 35.1. The SMILES string of the molecule is CC1(O)CCN(CCF)C1. The summed E-state index contributed by atoms with van der Waals surface area (Å²) >= 11 is 0. The highest BCUT2D eigenvalue weighted by Gasteiger charge is 2.30. The molecule has 2 nitrogen and oxygen atoms in total. The minimum atomic E-state index is -0.574. The van der Waals surface area contributed by atoms with Crippen LogP contribution >= 0.6 is 0 Å². The van der Waals surface area contributed by atoms with E-state index >= 15 is 0 Å². The summed E-state index contributed by atoms with van der Waals surface area (Å²) in [7, 11) is 0. The number of alkyl halides is 1. The first-order valence-electron chi connectivity index (χ1n) is 3.65. The fourth-order valence-electron chi connectivity index (χ4n) is 1.35. The van der Waals surface area contributed by atoms with Gasteiger partial charge in [-0.3, -0.25) is 4.90 Å². The Morgan fingerprint density at radius 3 is 2.80 bits per heavy atom. The number of hydrogen-bond donors (Lipinski definition) is 1. The Bertz CT molecular complexity index is 116. The van der Waals surface area contributed by atoms with Gasteiger partial charge in [0, 0.05) is 19.6 Å². The van der Waals surface area contributed by atoms with E-state index in [2.05, 4.69) is 0 Å². The van der Waals surface area contributed by atoms with Gasteiger partial charge in [-0.1, -0.05) is 0 Å². The van der Waals surface area contributed by atoms with E-state index in [0.29, 0.717) is 13.1 Å². The van der Waals surface area contributed by atoms with Crippen molar-refractivity contribution in [3.8, 4) is 0 Å². The summed E-state index contributed by atoms with van der Waals surface area (Å²) in [5, 5.41) is 9.43. The summed E-state index contributed by atoms with van der Waals surface area (Å²) < 4.78 is 11.8. The van der Waals surface area contributed by atoms with E-state index in [-0.39, 0.29) is 6.67 Å². The van der Waals surface area contributed by atoms with E-state index in [1.165, 1.54) is 0 Å². The third-order valence-electron chi connectivity index (χ3n) is 1.93. The van der Waals surface area contributed by atoms with Gasteiger partial charge >= 0.3 is 0 Å². The summed E-state index contributed by atoms with van der Waals surface area (Å²) in [5.74, 6) is 0. The van der Waals surface area contributed by atoms with Crippen LogP contribution in [-0.2, 0) is 0 Å². The van der Waals surface area contributed by atoms with Crippen LogP contribution in [0, 0.1) is 0 Å².